The van der Waals surface area contributed by atoms with Crippen LogP contribution in [-0.2, 0) is 11.2 Å². The minimum absolute atomic E-state index is 0.148. The lowest BCUT2D eigenvalue weighted by molar-refractivity contribution is 0.278. The van der Waals surface area contributed by atoms with Gasteiger partial charge in [0, 0.05) is 0 Å². The predicted octanol–water partition coefficient (Wildman–Crippen LogP) is 6.32. The van der Waals surface area contributed by atoms with Crippen molar-refractivity contribution in [3.63, 3.8) is 0 Å². The molecule has 0 spiro atoms. The minimum atomic E-state index is -0.148. The molecule has 1 heterocycles. The molecule has 1 aromatic rings. The average molecular weight is 360 g/mol. The van der Waals surface area contributed by atoms with Gasteiger partial charge < -0.3 is 9.47 Å². The molecule has 3 heteroatoms. The zero-order valence-corrected chi connectivity index (χ0v) is 17.3. The summed E-state index contributed by atoms with van der Waals surface area (Å²) in [6.07, 6.45) is 13.2. The van der Waals surface area contributed by atoms with E-state index in [-0.39, 0.29) is 5.54 Å². The third kappa shape index (κ3) is 6.34. The second kappa shape index (κ2) is 10.6. The number of rotatable bonds is 12. The molecule has 3 nitrogen and oxygen atoms in total. The Morgan fingerprint density at radius 2 is 1.65 bits per heavy atom. The van der Waals surface area contributed by atoms with Gasteiger partial charge in [0.1, 0.15) is 12.4 Å². The molecule has 1 aliphatic rings. The Bertz CT molecular complexity index is 578. The highest BCUT2D eigenvalue weighted by Gasteiger charge is 2.29. The number of aliphatic imine (C=N–C) groups is 1. The lowest BCUT2D eigenvalue weighted by Gasteiger charge is -2.13. The smallest absolute Gasteiger partial charge is 0.220 e. The highest BCUT2D eigenvalue weighted by molar-refractivity contribution is 5.99. The summed E-state index contributed by atoms with van der Waals surface area (Å²) in [5.74, 6) is 1.62. The molecule has 0 aromatic heterocycles. The maximum atomic E-state index is 5.90. The number of ether oxygens (including phenoxy) is 2. The maximum Gasteiger partial charge on any atom is 0.220 e. The van der Waals surface area contributed by atoms with Gasteiger partial charge >= 0.3 is 0 Å². The van der Waals surface area contributed by atoms with E-state index in [1.165, 1.54) is 63.4 Å². The highest BCUT2D eigenvalue weighted by atomic mass is 16.5. The van der Waals surface area contributed by atoms with E-state index in [0.29, 0.717) is 6.61 Å². The quantitative estimate of drug-likeness (QED) is 0.409. The van der Waals surface area contributed by atoms with Gasteiger partial charge in [0.25, 0.3) is 0 Å². The Morgan fingerprint density at radius 3 is 2.23 bits per heavy atom. The summed E-state index contributed by atoms with van der Waals surface area (Å²) in [7, 11) is 1.72. The van der Waals surface area contributed by atoms with E-state index in [4.69, 9.17) is 14.5 Å². The maximum absolute atomic E-state index is 5.90. The van der Waals surface area contributed by atoms with Crippen LogP contribution in [0.1, 0.15) is 89.7 Å². The van der Waals surface area contributed by atoms with Crippen LogP contribution < -0.4 is 4.74 Å². The van der Waals surface area contributed by atoms with Gasteiger partial charge in [-0.1, -0.05) is 70.4 Å². The van der Waals surface area contributed by atoms with Crippen LogP contribution in [0.15, 0.2) is 23.2 Å². The SMILES string of the molecule is CCCCCCCCCCCc1cccc(OC)c1C1=NC(C)(C)CO1. The van der Waals surface area contributed by atoms with Crippen molar-refractivity contribution in [2.75, 3.05) is 13.7 Å². The van der Waals surface area contributed by atoms with Gasteiger partial charge in [-0.15, -0.1) is 0 Å². The molecular formula is C23H37NO2. The van der Waals surface area contributed by atoms with E-state index in [2.05, 4.69) is 32.9 Å². The monoisotopic (exact) mass is 359 g/mol. The number of hydrogen-bond donors (Lipinski definition) is 0. The highest BCUT2D eigenvalue weighted by Crippen LogP contribution is 2.30. The van der Waals surface area contributed by atoms with Gasteiger partial charge in [-0.05, 0) is 38.3 Å². The molecule has 1 aromatic carbocycles. The second-order valence-corrected chi connectivity index (χ2v) is 8.09. The molecular weight excluding hydrogens is 322 g/mol. The van der Waals surface area contributed by atoms with Crippen LogP contribution in [0.5, 0.6) is 5.75 Å². The summed E-state index contributed by atoms with van der Waals surface area (Å²) in [5, 5.41) is 0. The molecule has 26 heavy (non-hydrogen) atoms. The predicted molar refractivity (Wildman–Crippen MR) is 110 cm³/mol. The summed E-state index contributed by atoms with van der Waals surface area (Å²) in [6, 6.07) is 6.28. The Morgan fingerprint density at radius 1 is 1.00 bits per heavy atom. The first-order valence-corrected chi connectivity index (χ1v) is 10.5. The molecule has 0 amide bonds. The zero-order valence-electron chi connectivity index (χ0n) is 17.3. The molecule has 0 fully saturated rings. The summed E-state index contributed by atoms with van der Waals surface area (Å²) < 4.78 is 11.5. The summed E-state index contributed by atoms with van der Waals surface area (Å²) >= 11 is 0. The van der Waals surface area contributed by atoms with Crippen LogP contribution in [0.2, 0.25) is 0 Å². The molecule has 0 saturated heterocycles. The third-order valence-electron chi connectivity index (χ3n) is 5.06. The molecule has 0 saturated carbocycles. The summed E-state index contributed by atoms with van der Waals surface area (Å²) in [6.45, 7) is 7.12. The van der Waals surface area contributed by atoms with Crippen molar-refractivity contribution in [3.05, 3.63) is 29.3 Å². The first-order chi connectivity index (χ1) is 12.6. The van der Waals surface area contributed by atoms with Crippen molar-refractivity contribution >= 4 is 5.90 Å². The third-order valence-corrected chi connectivity index (χ3v) is 5.06. The van der Waals surface area contributed by atoms with Gasteiger partial charge in [-0.3, -0.25) is 0 Å². The molecule has 0 aliphatic carbocycles. The van der Waals surface area contributed by atoms with Crippen molar-refractivity contribution in [3.8, 4) is 5.75 Å². The van der Waals surface area contributed by atoms with Gasteiger partial charge in [0.2, 0.25) is 5.90 Å². The van der Waals surface area contributed by atoms with Crippen LogP contribution >= 0.6 is 0 Å². The second-order valence-electron chi connectivity index (χ2n) is 8.09. The van der Waals surface area contributed by atoms with Gasteiger partial charge in [0.15, 0.2) is 0 Å². The number of aryl methyl sites for hydroxylation is 1. The lowest BCUT2D eigenvalue weighted by Crippen LogP contribution is -2.17. The zero-order chi connectivity index (χ0) is 18.8. The molecule has 2 rings (SSSR count). The lowest BCUT2D eigenvalue weighted by atomic mass is 9.99. The summed E-state index contributed by atoms with van der Waals surface area (Å²) in [5.41, 5.74) is 2.20. The van der Waals surface area contributed by atoms with Crippen LogP contribution in [-0.4, -0.2) is 25.2 Å². The van der Waals surface area contributed by atoms with Crippen LogP contribution in [0.25, 0.3) is 0 Å². The number of methoxy groups -OCH3 is 1. The van der Waals surface area contributed by atoms with Crippen molar-refractivity contribution in [2.45, 2.75) is 90.5 Å². The minimum Gasteiger partial charge on any atom is -0.496 e. The van der Waals surface area contributed by atoms with Gasteiger partial charge in [-0.2, -0.15) is 0 Å². The molecule has 0 radical (unpaired) electrons. The van der Waals surface area contributed by atoms with E-state index >= 15 is 0 Å². The van der Waals surface area contributed by atoms with Crippen molar-refractivity contribution in [1.82, 2.24) is 0 Å². The fourth-order valence-corrected chi connectivity index (χ4v) is 3.54. The fraction of sp³-hybridized carbons (Fsp3) is 0.696. The van der Waals surface area contributed by atoms with E-state index in [1.807, 2.05) is 6.07 Å². The van der Waals surface area contributed by atoms with Crippen LogP contribution in [0, 0.1) is 0 Å². The van der Waals surface area contributed by atoms with Gasteiger partial charge in [-0.25, -0.2) is 4.99 Å². The molecule has 0 unspecified atom stereocenters. The first-order valence-electron chi connectivity index (χ1n) is 10.5. The number of benzene rings is 1. The Balaban J connectivity index is 1.86. The number of hydrogen-bond acceptors (Lipinski definition) is 3. The molecule has 0 N–H and O–H groups in total. The van der Waals surface area contributed by atoms with Crippen LogP contribution in [0.3, 0.4) is 0 Å². The Kier molecular flexibility index (Phi) is 8.47. The van der Waals surface area contributed by atoms with Crippen molar-refractivity contribution < 1.29 is 9.47 Å². The van der Waals surface area contributed by atoms with Crippen molar-refractivity contribution in [2.24, 2.45) is 4.99 Å². The van der Waals surface area contributed by atoms with Gasteiger partial charge in [0.05, 0.1) is 18.2 Å². The Labute approximate surface area is 160 Å². The normalized spacial score (nSPS) is 15.6. The number of nitrogens with zero attached hydrogens (tertiary/aromatic N) is 1. The van der Waals surface area contributed by atoms with E-state index < -0.39 is 0 Å². The van der Waals surface area contributed by atoms with Crippen molar-refractivity contribution in [1.29, 1.82) is 0 Å². The standard InChI is InChI=1S/C23H37NO2/c1-5-6-7-8-9-10-11-12-13-15-19-16-14-17-20(25-4)21(19)22-24-23(2,3)18-26-22/h14,16-17H,5-13,15,18H2,1-4H3. The van der Waals surface area contributed by atoms with Crippen LogP contribution in [0.4, 0.5) is 0 Å². The molecule has 0 bridgehead atoms. The molecule has 1 aliphatic heterocycles. The average Bonchev–Trinajstić information content (AvgIpc) is 2.99. The van der Waals surface area contributed by atoms with E-state index in [1.54, 1.807) is 7.11 Å². The van der Waals surface area contributed by atoms with E-state index in [9.17, 15) is 0 Å². The first kappa shape index (κ1) is 20.8. The largest absolute Gasteiger partial charge is 0.496 e. The fourth-order valence-electron chi connectivity index (χ4n) is 3.54. The topological polar surface area (TPSA) is 30.8 Å². The Hall–Kier alpha value is -1.51. The molecule has 0 atom stereocenters. The molecule has 146 valence electrons. The van der Waals surface area contributed by atoms with E-state index in [0.717, 1.165) is 23.6 Å². The number of unbranched alkanes of at least 4 members (excludes halogenated alkanes) is 8. The summed E-state index contributed by atoms with van der Waals surface area (Å²) in [4.78, 5) is 4.77.